The Kier molecular flexibility index (Phi) is 4.11. The lowest BCUT2D eigenvalue weighted by Crippen LogP contribution is -2.05. The molecule has 0 heterocycles. The molecule has 0 bridgehead atoms. The molecule has 0 aliphatic rings. The summed E-state index contributed by atoms with van der Waals surface area (Å²) in [5.74, 6) is -1.36. The van der Waals surface area contributed by atoms with Gasteiger partial charge in [-0.2, -0.15) is 22.0 Å². The van der Waals surface area contributed by atoms with Crippen molar-refractivity contribution in [3.63, 3.8) is 0 Å². The summed E-state index contributed by atoms with van der Waals surface area (Å²) < 4.78 is 79.6. The molecule has 0 spiro atoms. The van der Waals surface area contributed by atoms with Crippen LogP contribution in [0, 0.1) is 5.82 Å². The van der Waals surface area contributed by atoms with Crippen LogP contribution in [0.4, 0.5) is 26.3 Å². The standard InChI is InChI=1S/C14H8F6O/c15-12-7-10(21-13(16)17)4-5-11(12)8-2-1-3-9(6-8)14(18,19)20/h1-7,13H. The highest BCUT2D eigenvalue weighted by atomic mass is 19.4. The van der Waals surface area contributed by atoms with E-state index in [4.69, 9.17) is 0 Å². The number of hydrogen-bond acceptors (Lipinski definition) is 1. The number of benzene rings is 2. The van der Waals surface area contributed by atoms with Gasteiger partial charge >= 0.3 is 12.8 Å². The van der Waals surface area contributed by atoms with E-state index in [9.17, 15) is 26.3 Å². The van der Waals surface area contributed by atoms with Crippen LogP contribution in [0.5, 0.6) is 5.75 Å². The second-order valence-corrected chi connectivity index (χ2v) is 4.10. The molecule has 2 aromatic carbocycles. The van der Waals surface area contributed by atoms with Gasteiger partial charge in [-0.3, -0.25) is 0 Å². The summed E-state index contributed by atoms with van der Waals surface area (Å²) >= 11 is 0. The van der Waals surface area contributed by atoms with Gasteiger partial charge in [-0.1, -0.05) is 12.1 Å². The molecule has 0 unspecified atom stereocenters. The molecule has 0 N–H and O–H groups in total. The lowest BCUT2D eigenvalue weighted by atomic mass is 10.0. The lowest BCUT2D eigenvalue weighted by molar-refractivity contribution is -0.137. The molecule has 2 rings (SSSR count). The Balaban J connectivity index is 2.38. The number of ether oxygens (including phenoxy) is 1. The summed E-state index contributed by atoms with van der Waals surface area (Å²) in [5, 5.41) is 0. The first kappa shape index (κ1) is 15.2. The van der Waals surface area contributed by atoms with Gasteiger partial charge in [0.15, 0.2) is 0 Å². The molecule has 0 aliphatic carbocycles. The summed E-state index contributed by atoms with van der Waals surface area (Å²) in [5.41, 5.74) is -1.07. The van der Waals surface area contributed by atoms with Gasteiger partial charge in [0.2, 0.25) is 0 Å². The summed E-state index contributed by atoms with van der Waals surface area (Å²) in [6.45, 7) is -3.11. The third-order valence-corrected chi connectivity index (χ3v) is 2.67. The minimum Gasteiger partial charge on any atom is -0.435 e. The fourth-order valence-corrected chi connectivity index (χ4v) is 1.77. The zero-order valence-corrected chi connectivity index (χ0v) is 10.3. The topological polar surface area (TPSA) is 9.23 Å². The van der Waals surface area contributed by atoms with Crippen molar-refractivity contribution in [2.45, 2.75) is 12.8 Å². The van der Waals surface area contributed by atoms with Gasteiger partial charge < -0.3 is 4.74 Å². The summed E-state index contributed by atoms with van der Waals surface area (Å²) in [7, 11) is 0. The molecular formula is C14H8F6O. The van der Waals surface area contributed by atoms with E-state index in [0.717, 1.165) is 30.3 Å². The van der Waals surface area contributed by atoms with Crippen LogP contribution in [-0.2, 0) is 6.18 Å². The minimum atomic E-state index is -4.55. The smallest absolute Gasteiger partial charge is 0.416 e. The molecule has 112 valence electrons. The van der Waals surface area contributed by atoms with Gasteiger partial charge in [-0.15, -0.1) is 0 Å². The largest absolute Gasteiger partial charge is 0.435 e. The van der Waals surface area contributed by atoms with E-state index in [1.165, 1.54) is 6.07 Å². The molecular weight excluding hydrogens is 298 g/mol. The Hall–Kier alpha value is -2.18. The first-order valence-corrected chi connectivity index (χ1v) is 5.69. The van der Waals surface area contributed by atoms with Gasteiger partial charge in [0.1, 0.15) is 11.6 Å². The molecule has 0 fully saturated rings. The number of halogens is 6. The molecule has 0 amide bonds. The third kappa shape index (κ3) is 3.68. The summed E-state index contributed by atoms with van der Waals surface area (Å²) in [6, 6.07) is 6.92. The van der Waals surface area contributed by atoms with Gasteiger partial charge in [0.25, 0.3) is 0 Å². The van der Waals surface area contributed by atoms with Crippen molar-refractivity contribution in [2.24, 2.45) is 0 Å². The second-order valence-electron chi connectivity index (χ2n) is 4.10. The Labute approximate surface area is 115 Å². The van der Waals surface area contributed by atoms with E-state index in [2.05, 4.69) is 4.74 Å². The maximum Gasteiger partial charge on any atom is 0.416 e. The second kappa shape index (κ2) is 5.67. The van der Waals surface area contributed by atoms with Crippen LogP contribution in [0.1, 0.15) is 5.56 Å². The van der Waals surface area contributed by atoms with Gasteiger partial charge in [-0.05, 0) is 29.8 Å². The molecule has 0 aromatic heterocycles. The molecule has 21 heavy (non-hydrogen) atoms. The zero-order chi connectivity index (χ0) is 15.6. The first-order valence-electron chi connectivity index (χ1n) is 5.69. The van der Waals surface area contributed by atoms with E-state index in [-0.39, 0.29) is 11.1 Å². The van der Waals surface area contributed by atoms with Gasteiger partial charge in [0, 0.05) is 11.6 Å². The van der Waals surface area contributed by atoms with Crippen LogP contribution < -0.4 is 4.74 Å². The number of hydrogen-bond donors (Lipinski definition) is 0. The van der Waals surface area contributed by atoms with Crippen molar-refractivity contribution in [1.82, 2.24) is 0 Å². The minimum absolute atomic E-state index is 0.00841. The van der Waals surface area contributed by atoms with Crippen LogP contribution in [0.15, 0.2) is 42.5 Å². The van der Waals surface area contributed by atoms with E-state index >= 15 is 0 Å². The van der Waals surface area contributed by atoms with Crippen LogP contribution in [-0.4, -0.2) is 6.61 Å². The molecule has 0 radical (unpaired) electrons. The first-order chi connectivity index (χ1) is 9.77. The van der Waals surface area contributed by atoms with Crippen LogP contribution in [0.25, 0.3) is 11.1 Å². The van der Waals surface area contributed by atoms with Crippen LogP contribution in [0.3, 0.4) is 0 Å². The predicted molar refractivity (Wildman–Crippen MR) is 63.5 cm³/mol. The molecule has 7 heteroatoms. The Morgan fingerprint density at radius 3 is 2.24 bits per heavy atom. The Morgan fingerprint density at radius 2 is 1.67 bits per heavy atom. The highest BCUT2D eigenvalue weighted by Gasteiger charge is 2.30. The fourth-order valence-electron chi connectivity index (χ4n) is 1.77. The van der Waals surface area contributed by atoms with Gasteiger partial charge in [0.05, 0.1) is 5.56 Å². The zero-order valence-electron chi connectivity index (χ0n) is 10.3. The third-order valence-electron chi connectivity index (χ3n) is 2.67. The van der Waals surface area contributed by atoms with Crippen LogP contribution in [0.2, 0.25) is 0 Å². The van der Waals surface area contributed by atoms with E-state index < -0.39 is 29.9 Å². The van der Waals surface area contributed by atoms with E-state index in [0.29, 0.717) is 6.07 Å². The Morgan fingerprint density at radius 1 is 0.952 bits per heavy atom. The highest BCUT2D eigenvalue weighted by Crippen LogP contribution is 2.33. The van der Waals surface area contributed by atoms with Crippen molar-refractivity contribution in [3.8, 4) is 16.9 Å². The lowest BCUT2D eigenvalue weighted by Gasteiger charge is -2.10. The maximum absolute atomic E-state index is 13.8. The number of alkyl halides is 5. The maximum atomic E-state index is 13.8. The van der Waals surface area contributed by atoms with Crippen molar-refractivity contribution in [3.05, 3.63) is 53.8 Å². The summed E-state index contributed by atoms with van der Waals surface area (Å²) in [4.78, 5) is 0. The average Bonchev–Trinajstić information content (AvgIpc) is 2.37. The van der Waals surface area contributed by atoms with Crippen molar-refractivity contribution >= 4 is 0 Å². The molecule has 0 saturated heterocycles. The van der Waals surface area contributed by atoms with Crippen molar-refractivity contribution in [2.75, 3.05) is 0 Å². The van der Waals surface area contributed by atoms with E-state index in [1.54, 1.807) is 0 Å². The Bertz CT molecular complexity index is 636. The SMILES string of the molecule is Fc1cc(OC(F)F)ccc1-c1cccc(C(F)(F)F)c1. The van der Waals surface area contributed by atoms with Crippen LogP contribution >= 0.6 is 0 Å². The quantitative estimate of drug-likeness (QED) is 0.716. The molecule has 1 nitrogen and oxygen atoms in total. The van der Waals surface area contributed by atoms with Crippen molar-refractivity contribution in [1.29, 1.82) is 0 Å². The monoisotopic (exact) mass is 306 g/mol. The normalized spacial score (nSPS) is 11.8. The molecule has 2 aromatic rings. The predicted octanol–water partition coefficient (Wildman–Crippen LogP) is 5.11. The molecule has 0 aliphatic heterocycles. The summed E-state index contributed by atoms with van der Waals surface area (Å²) in [6.07, 6.45) is -4.55. The fraction of sp³-hybridized carbons (Fsp3) is 0.143. The molecule has 0 atom stereocenters. The van der Waals surface area contributed by atoms with E-state index in [1.807, 2.05) is 0 Å². The average molecular weight is 306 g/mol. The molecule has 0 saturated carbocycles. The van der Waals surface area contributed by atoms with Gasteiger partial charge in [-0.25, -0.2) is 4.39 Å². The highest BCUT2D eigenvalue weighted by molar-refractivity contribution is 5.66. The number of rotatable bonds is 3. The van der Waals surface area contributed by atoms with Crippen molar-refractivity contribution < 1.29 is 31.1 Å².